The summed E-state index contributed by atoms with van der Waals surface area (Å²) in [7, 11) is 0. The highest BCUT2D eigenvalue weighted by Crippen LogP contribution is 2.20. The highest BCUT2D eigenvalue weighted by molar-refractivity contribution is 6.06. The summed E-state index contributed by atoms with van der Waals surface area (Å²) >= 11 is 0. The van der Waals surface area contributed by atoms with Crippen LogP contribution >= 0.6 is 0 Å². The molecule has 2 atom stereocenters. The van der Waals surface area contributed by atoms with Crippen LogP contribution in [-0.4, -0.2) is 59.5 Å². The molecule has 0 saturated carbocycles. The van der Waals surface area contributed by atoms with Gasteiger partial charge in [-0.2, -0.15) is 0 Å². The first kappa shape index (κ1) is 15.3. The molecule has 114 valence electrons. The Kier molecular flexibility index (Phi) is 4.34. The summed E-state index contributed by atoms with van der Waals surface area (Å²) in [5.41, 5.74) is 5.32. The van der Waals surface area contributed by atoms with E-state index in [2.05, 4.69) is 17.1 Å². The van der Waals surface area contributed by atoms with E-state index in [1.165, 1.54) is 4.90 Å². The Balaban J connectivity index is 1.87. The summed E-state index contributed by atoms with van der Waals surface area (Å²) in [4.78, 5) is 27.5. The number of nitrogens with two attached hydrogens (primary N) is 1. The summed E-state index contributed by atoms with van der Waals surface area (Å²) in [6.07, 6.45) is 2.07. The molecule has 0 aliphatic carbocycles. The molecule has 2 fully saturated rings. The van der Waals surface area contributed by atoms with Gasteiger partial charge in [0.15, 0.2) is 0 Å². The lowest BCUT2D eigenvalue weighted by molar-refractivity contribution is -0.130. The Morgan fingerprint density at radius 3 is 2.60 bits per heavy atom. The van der Waals surface area contributed by atoms with E-state index in [9.17, 15) is 9.59 Å². The Hall–Kier alpha value is -1.14. The van der Waals surface area contributed by atoms with Crippen molar-refractivity contribution in [2.24, 2.45) is 11.7 Å². The first-order chi connectivity index (χ1) is 9.35. The summed E-state index contributed by atoms with van der Waals surface area (Å²) in [6, 6.07) is 0.00709. The maximum Gasteiger partial charge on any atom is 0.325 e. The minimum atomic E-state index is -0.771. The van der Waals surface area contributed by atoms with Crippen molar-refractivity contribution in [1.82, 2.24) is 15.1 Å². The maximum absolute atomic E-state index is 12.1. The monoisotopic (exact) mass is 282 g/mol. The molecule has 3 N–H and O–H groups in total. The van der Waals surface area contributed by atoms with Gasteiger partial charge in [-0.3, -0.25) is 9.69 Å². The fraction of sp³-hybridized carbons (Fsp3) is 0.857. The molecule has 2 heterocycles. The molecular formula is C14H26N4O2. The predicted octanol–water partition coefficient (Wildman–Crippen LogP) is 0.376. The van der Waals surface area contributed by atoms with Crippen LogP contribution in [0.5, 0.6) is 0 Å². The number of urea groups is 1. The van der Waals surface area contributed by atoms with E-state index in [1.54, 1.807) is 13.8 Å². The zero-order valence-electron chi connectivity index (χ0n) is 12.7. The second-order valence-electron chi connectivity index (χ2n) is 6.43. The number of nitrogens with zero attached hydrogens (tertiary/aromatic N) is 2. The third kappa shape index (κ3) is 2.96. The van der Waals surface area contributed by atoms with Crippen LogP contribution in [0.4, 0.5) is 4.79 Å². The van der Waals surface area contributed by atoms with Gasteiger partial charge in [-0.25, -0.2) is 4.79 Å². The number of hydrogen-bond donors (Lipinski definition) is 2. The molecule has 6 nitrogen and oxygen atoms in total. The molecule has 0 aromatic heterocycles. The van der Waals surface area contributed by atoms with Crippen LogP contribution in [0, 0.1) is 5.92 Å². The van der Waals surface area contributed by atoms with Gasteiger partial charge >= 0.3 is 6.03 Å². The molecule has 0 bridgehead atoms. The van der Waals surface area contributed by atoms with Crippen molar-refractivity contribution in [2.75, 3.05) is 26.2 Å². The van der Waals surface area contributed by atoms with Crippen LogP contribution in [0.3, 0.4) is 0 Å². The molecule has 0 radical (unpaired) electrons. The van der Waals surface area contributed by atoms with Crippen molar-refractivity contribution in [3.05, 3.63) is 0 Å². The lowest BCUT2D eigenvalue weighted by atomic mass is 9.91. The maximum atomic E-state index is 12.1. The van der Waals surface area contributed by atoms with Gasteiger partial charge in [0.25, 0.3) is 5.91 Å². The van der Waals surface area contributed by atoms with E-state index >= 15 is 0 Å². The average molecular weight is 282 g/mol. The van der Waals surface area contributed by atoms with Crippen LogP contribution in [0.25, 0.3) is 0 Å². The Morgan fingerprint density at radius 1 is 1.35 bits per heavy atom. The average Bonchev–Trinajstić information content (AvgIpc) is 2.58. The Morgan fingerprint density at radius 2 is 2.05 bits per heavy atom. The molecule has 2 unspecified atom stereocenters. The van der Waals surface area contributed by atoms with Gasteiger partial charge in [-0.1, -0.05) is 13.3 Å². The number of piperidine rings is 1. The second-order valence-corrected chi connectivity index (χ2v) is 6.43. The number of imide groups is 1. The van der Waals surface area contributed by atoms with Crippen LogP contribution in [0.15, 0.2) is 0 Å². The lowest BCUT2D eigenvalue weighted by Gasteiger charge is -2.36. The van der Waals surface area contributed by atoms with Gasteiger partial charge < -0.3 is 16.0 Å². The molecule has 0 spiro atoms. The van der Waals surface area contributed by atoms with Gasteiger partial charge in [0.1, 0.15) is 5.54 Å². The number of carbonyl (C=O) groups excluding carboxylic acids is 2. The first-order valence-corrected chi connectivity index (χ1v) is 7.47. The van der Waals surface area contributed by atoms with E-state index in [4.69, 9.17) is 5.73 Å². The Labute approximate surface area is 120 Å². The molecule has 2 aliphatic rings. The quantitative estimate of drug-likeness (QED) is 0.731. The van der Waals surface area contributed by atoms with Gasteiger partial charge in [-0.15, -0.1) is 0 Å². The summed E-state index contributed by atoms with van der Waals surface area (Å²) in [5.74, 6) is 0.381. The Bertz CT molecular complexity index is 397. The highest BCUT2D eigenvalue weighted by atomic mass is 16.2. The van der Waals surface area contributed by atoms with Crippen molar-refractivity contribution in [2.45, 2.75) is 45.2 Å². The number of carbonyl (C=O) groups is 2. The van der Waals surface area contributed by atoms with Gasteiger partial charge in [-0.05, 0) is 32.7 Å². The van der Waals surface area contributed by atoms with Crippen LogP contribution < -0.4 is 11.1 Å². The van der Waals surface area contributed by atoms with Crippen LogP contribution in [0.1, 0.15) is 33.6 Å². The second kappa shape index (κ2) is 5.69. The number of likely N-dealkylation sites (tertiary alicyclic amines) is 1. The fourth-order valence-corrected chi connectivity index (χ4v) is 3.02. The molecule has 6 heteroatoms. The zero-order chi connectivity index (χ0) is 14.9. The van der Waals surface area contributed by atoms with E-state index in [0.29, 0.717) is 12.5 Å². The third-order valence-electron chi connectivity index (χ3n) is 4.49. The SMILES string of the molecule is CCC1CN(CCN2C(=O)NC(C)(C)C2=O)CCC1N. The number of hydrogen-bond acceptors (Lipinski definition) is 4. The van der Waals surface area contributed by atoms with Gasteiger partial charge in [0, 0.05) is 25.7 Å². The highest BCUT2D eigenvalue weighted by Gasteiger charge is 2.44. The standard InChI is InChI=1S/C14H26N4O2/c1-4-10-9-17(6-5-11(10)15)7-8-18-12(19)14(2,3)16-13(18)20/h10-11H,4-9,15H2,1-3H3,(H,16,20). The fourth-order valence-electron chi connectivity index (χ4n) is 3.02. The van der Waals surface area contributed by atoms with Crippen molar-refractivity contribution in [3.8, 4) is 0 Å². The molecular weight excluding hydrogens is 256 g/mol. The third-order valence-corrected chi connectivity index (χ3v) is 4.49. The number of amides is 3. The normalized spacial score (nSPS) is 30.7. The van der Waals surface area contributed by atoms with Crippen molar-refractivity contribution < 1.29 is 9.59 Å². The smallest absolute Gasteiger partial charge is 0.325 e. The summed E-state index contributed by atoms with van der Waals surface area (Å²) in [6.45, 7) is 8.74. The molecule has 2 aliphatic heterocycles. The number of rotatable bonds is 4. The van der Waals surface area contributed by atoms with Crippen LogP contribution in [-0.2, 0) is 4.79 Å². The molecule has 2 rings (SSSR count). The topological polar surface area (TPSA) is 78.7 Å². The zero-order valence-corrected chi connectivity index (χ0v) is 12.7. The minimum absolute atomic E-state index is 0.136. The summed E-state index contributed by atoms with van der Waals surface area (Å²) < 4.78 is 0. The first-order valence-electron chi connectivity index (χ1n) is 7.47. The summed E-state index contributed by atoms with van der Waals surface area (Å²) in [5, 5.41) is 2.71. The number of nitrogens with one attached hydrogen (secondary N) is 1. The predicted molar refractivity (Wildman–Crippen MR) is 77.1 cm³/mol. The van der Waals surface area contributed by atoms with E-state index in [0.717, 1.165) is 32.5 Å². The van der Waals surface area contributed by atoms with Crippen LogP contribution in [0.2, 0.25) is 0 Å². The van der Waals surface area contributed by atoms with Gasteiger partial charge in [0.05, 0.1) is 0 Å². The largest absolute Gasteiger partial charge is 0.327 e. The molecule has 3 amide bonds. The van der Waals surface area contributed by atoms with E-state index in [1.807, 2.05) is 0 Å². The molecule has 20 heavy (non-hydrogen) atoms. The molecule has 0 aromatic carbocycles. The molecule has 2 saturated heterocycles. The van der Waals surface area contributed by atoms with Crippen molar-refractivity contribution in [3.63, 3.8) is 0 Å². The molecule has 0 aromatic rings. The lowest BCUT2D eigenvalue weighted by Crippen LogP contribution is -2.49. The van der Waals surface area contributed by atoms with Crippen molar-refractivity contribution in [1.29, 1.82) is 0 Å². The minimum Gasteiger partial charge on any atom is -0.327 e. The van der Waals surface area contributed by atoms with E-state index in [-0.39, 0.29) is 18.0 Å². The van der Waals surface area contributed by atoms with Crippen molar-refractivity contribution >= 4 is 11.9 Å². The van der Waals surface area contributed by atoms with Gasteiger partial charge in [0.2, 0.25) is 0 Å². The van der Waals surface area contributed by atoms with E-state index < -0.39 is 5.54 Å².